The Hall–Kier alpha value is -1.39. The van der Waals surface area contributed by atoms with Crippen LogP contribution in [0.4, 0.5) is 0 Å². The van der Waals surface area contributed by atoms with Gasteiger partial charge >= 0.3 is 0 Å². The van der Waals surface area contributed by atoms with Gasteiger partial charge in [0.15, 0.2) is 0 Å². The molecule has 0 bridgehead atoms. The highest BCUT2D eigenvalue weighted by molar-refractivity contribution is 7.15. The minimum atomic E-state index is 0.603. The minimum Gasteiger partial charge on any atom is -0.496 e. The van der Waals surface area contributed by atoms with Crippen molar-refractivity contribution in [1.29, 1.82) is 0 Å². The summed E-state index contributed by atoms with van der Waals surface area (Å²) in [4.78, 5) is 8.30. The Morgan fingerprint density at radius 2 is 2.05 bits per heavy atom. The number of ether oxygens (including phenoxy) is 1. The van der Waals surface area contributed by atoms with Crippen LogP contribution in [0.5, 0.6) is 5.75 Å². The molecule has 1 aromatic heterocycles. The first-order chi connectivity index (χ1) is 9.69. The summed E-state index contributed by atoms with van der Waals surface area (Å²) in [6, 6.07) is 8.77. The molecule has 1 fully saturated rings. The van der Waals surface area contributed by atoms with Crippen molar-refractivity contribution < 1.29 is 4.74 Å². The Kier molecular flexibility index (Phi) is 3.76. The van der Waals surface area contributed by atoms with Crippen LogP contribution < -0.4 is 4.74 Å². The maximum atomic E-state index is 5.43. The van der Waals surface area contributed by atoms with E-state index in [-0.39, 0.29) is 0 Å². The molecule has 4 heteroatoms. The number of nitrogens with zero attached hydrogens (tertiary/aromatic N) is 2. The molecule has 1 aliphatic rings. The van der Waals surface area contributed by atoms with Gasteiger partial charge in [0.25, 0.3) is 0 Å². The van der Waals surface area contributed by atoms with Gasteiger partial charge in [-0.1, -0.05) is 12.1 Å². The average molecular weight is 288 g/mol. The fraction of sp³-hybridized carbons (Fsp3) is 0.438. The van der Waals surface area contributed by atoms with Gasteiger partial charge in [-0.3, -0.25) is 4.90 Å². The summed E-state index contributed by atoms with van der Waals surface area (Å²) < 4.78 is 5.43. The number of rotatable bonds is 4. The molecule has 106 valence electrons. The first kappa shape index (κ1) is 13.6. The van der Waals surface area contributed by atoms with E-state index in [2.05, 4.69) is 29.8 Å². The van der Waals surface area contributed by atoms with Gasteiger partial charge in [-0.2, -0.15) is 0 Å². The Balaban J connectivity index is 1.78. The molecule has 1 aliphatic heterocycles. The van der Waals surface area contributed by atoms with Gasteiger partial charge in [0, 0.05) is 36.8 Å². The standard InChI is InChI=1S/C16H20N2OS/c1-11(2)18-9-12(10-18)16-17-8-15(20-16)13-6-4-5-7-14(13)19-3/h4-8,11-12H,9-10H2,1-3H3. The normalized spacial score (nSPS) is 16.4. The monoisotopic (exact) mass is 288 g/mol. The average Bonchev–Trinajstić information content (AvgIpc) is 2.85. The molecule has 0 radical (unpaired) electrons. The lowest BCUT2D eigenvalue weighted by molar-refractivity contribution is 0.110. The molecule has 2 aromatic rings. The van der Waals surface area contributed by atoms with E-state index in [1.54, 1.807) is 18.4 Å². The Morgan fingerprint density at radius 1 is 1.30 bits per heavy atom. The zero-order valence-corrected chi connectivity index (χ0v) is 13.0. The summed E-state index contributed by atoms with van der Waals surface area (Å²) in [5.41, 5.74) is 1.14. The fourth-order valence-electron chi connectivity index (χ4n) is 2.54. The van der Waals surface area contributed by atoms with Crippen molar-refractivity contribution in [2.24, 2.45) is 0 Å². The van der Waals surface area contributed by atoms with Gasteiger partial charge in [-0.25, -0.2) is 4.98 Å². The molecular weight excluding hydrogens is 268 g/mol. The summed E-state index contributed by atoms with van der Waals surface area (Å²) in [5, 5.41) is 1.25. The van der Waals surface area contributed by atoms with Gasteiger partial charge in [-0.15, -0.1) is 11.3 Å². The van der Waals surface area contributed by atoms with Gasteiger partial charge in [0.2, 0.25) is 0 Å². The van der Waals surface area contributed by atoms with E-state index in [9.17, 15) is 0 Å². The van der Waals surface area contributed by atoms with Crippen LogP contribution in [-0.4, -0.2) is 36.1 Å². The fourth-order valence-corrected chi connectivity index (χ4v) is 3.57. The van der Waals surface area contributed by atoms with Crippen molar-refractivity contribution in [2.75, 3.05) is 20.2 Å². The third-order valence-electron chi connectivity index (χ3n) is 3.89. The van der Waals surface area contributed by atoms with Crippen LogP contribution >= 0.6 is 11.3 Å². The van der Waals surface area contributed by atoms with E-state index in [1.165, 1.54) is 9.88 Å². The van der Waals surface area contributed by atoms with E-state index in [0.29, 0.717) is 12.0 Å². The molecule has 1 aromatic carbocycles. The maximum absolute atomic E-state index is 5.43. The van der Waals surface area contributed by atoms with E-state index in [1.807, 2.05) is 24.4 Å². The number of para-hydroxylation sites is 1. The van der Waals surface area contributed by atoms with Crippen LogP contribution in [0.3, 0.4) is 0 Å². The maximum Gasteiger partial charge on any atom is 0.127 e. The highest BCUT2D eigenvalue weighted by Crippen LogP contribution is 2.38. The Morgan fingerprint density at radius 3 is 2.75 bits per heavy atom. The summed E-state index contributed by atoms with van der Waals surface area (Å²) in [7, 11) is 1.72. The Bertz CT molecular complexity index is 588. The van der Waals surface area contributed by atoms with Gasteiger partial charge in [-0.05, 0) is 26.0 Å². The van der Waals surface area contributed by atoms with Crippen molar-refractivity contribution >= 4 is 11.3 Å². The number of likely N-dealkylation sites (tertiary alicyclic amines) is 1. The smallest absolute Gasteiger partial charge is 0.127 e. The second-order valence-corrected chi connectivity index (χ2v) is 6.57. The largest absolute Gasteiger partial charge is 0.496 e. The zero-order valence-electron chi connectivity index (χ0n) is 12.2. The number of methoxy groups -OCH3 is 1. The minimum absolute atomic E-state index is 0.603. The molecule has 0 unspecified atom stereocenters. The van der Waals surface area contributed by atoms with Crippen LogP contribution in [0.1, 0.15) is 24.8 Å². The molecule has 0 amide bonds. The lowest BCUT2D eigenvalue weighted by Gasteiger charge is -2.41. The summed E-state index contributed by atoms with van der Waals surface area (Å²) in [6.45, 7) is 6.77. The molecular formula is C16H20N2OS. The second-order valence-electron chi connectivity index (χ2n) is 5.51. The van der Waals surface area contributed by atoms with Crippen LogP contribution in [0.2, 0.25) is 0 Å². The molecule has 0 spiro atoms. The highest BCUT2D eigenvalue weighted by Gasteiger charge is 2.31. The first-order valence-corrected chi connectivity index (χ1v) is 7.84. The third-order valence-corrected chi connectivity index (χ3v) is 5.08. The zero-order chi connectivity index (χ0) is 14.1. The van der Waals surface area contributed by atoms with Crippen LogP contribution in [-0.2, 0) is 0 Å². The van der Waals surface area contributed by atoms with Gasteiger partial charge in [0.1, 0.15) is 5.75 Å². The molecule has 0 N–H and O–H groups in total. The van der Waals surface area contributed by atoms with Crippen molar-refractivity contribution in [2.45, 2.75) is 25.8 Å². The number of hydrogen-bond donors (Lipinski definition) is 0. The van der Waals surface area contributed by atoms with Crippen molar-refractivity contribution in [1.82, 2.24) is 9.88 Å². The Labute approximate surface area is 124 Å². The summed E-state index contributed by atoms with van der Waals surface area (Å²) in [6.07, 6.45) is 1.98. The topological polar surface area (TPSA) is 25.4 Å². The van der Waals surface area contributed by atoms with Crippen LogP contribution in [0, 0.1) is 0 Å². The van der Waals surface area contributed by atoms with E-state index in [0.717, 1.165) is 24.4 Å². The number of benzene rings is 1. The molecule has 3 nitrogen and oxygen atoms in total. The molecule has 2 heterocycles. The van der Waals surface area contributed by atoms with E-state index >= 15 is 0 Å². The second kappa shape index (κ2) is 5.54. The van der Waals surface area contributed by atoms with Crippen LogP contribution in [0.15, 0.2) is 30.5 Å². The van der Waals surface area contributed by atoms with E-state index in [4.69, 9.17) is 4.74 Å². The number of thiazole rings is 1. The first-order valence-electron chi connectivity index (χ1n) is 7.02. The predicted molar refractivity (Wildman–Crippen MR) is 83.6 cm³/mol. The summed E-state index contributed by atoms with van der Waals surface area (Å²) >= 11 is 1.80. The summed E-state index contributed by atoms with van der Waals surface area (Å²) in [5.74, 6) is 1.52. The van der Waals surface area contributed by atoms with Crippen molar-refractivity contribution in [3.63, 3.8) is 0 Å². The number of hydrogen-bond acceptors (Lipinski definition) is 4. The van der Waals surface area contributed by atoms with Crippen LogP contribution in [0.25, 0.3) is 10.4 Å². The lowest BCUT2D eigenvalue weighted by Crippen LogP contribution is -2.48. The van der Waals surface area contributed by atoms with Gasteiger partial charge < -0.3 is 4.74 Å². The molecule has 0 atom stereocenters. The van der Waals surface area contributed by atoms with Gasteiger partial charge in [0.05, 0.1) is 17.0 Å². The van der Waals surface area contributed by atoms with E-state index < -0.39 is 0 Å². The van der Waals surface area contributed by atoms with Crippen molar-refractivity contribution in [3.8, 4) is 16.2 Å². The van der Waals surface area contributed by atoms with Crippen molar-refractivity contribution in [3.05, 3.63) is 35.5 Å². The lowest BCUT2D eigenvalue weighted by atomic mass is 9.99. The molecule has 20 heavy (non-hydrogen) atoms. The molecule has 0 aliphatic carbocycles. The highest BCUT2D eigenvalue weighted by atomic mass is 32.1. The third kappa shape index (κ3) is 2.45. The number of aromatic nitrogens is 1. The molecule has 3 rings (SSSR count). The molecule has 0 saturated carbocycles. The SMILES string of the molecule is COc1ccccc1-c1cnc(C2CN(C(C)C)C2)s1. The quantitative estimate of drug-likeness (QED) is 0.859. The predicted octanol–water partition coefficient (Wildman–Crippen LogP) is 3.63. The molecule has 1 saturated heterocycles.